The monoisotopic (exact) mass is 294 g/mol. The van der Waals surface area contributed by atoms with Gasteiger partial charge in [0.25, 0.3) is 0 Å². The molecule has 0 aliphatic rings. The lowest BCUT2D eigenvalue weighted by molar-refractivity contribution is 0.145. The minimum Gasteiger partial charge on any atom is -0.478 e. The smallest absolute Gasteiger partial charge is 0.218 e. The molecule has 0 radical (unpaired) electrons. The van der Waals surface area contributed by atoms with Gasteiger partial charge in [-0.3, -0.25) is 4.99 Å². The molecule has 0 atom stereocenters. The lowest BCUT2D eigenvalue weighted by atomic mass is 10.2. The molecule has 0 saturated heterocycles. The molecule has 6 nitrogen and oxygen atoms in total. The van der Waals surface area contributed by atoms with Gasteiger partial charge in [-0.15, -0.1) is 0 Å². The highest BCUT2D eigenvalue weighted by atomic mass is 16.5. The first-order valence-corrected chi connectivity index (χ1v) is 7.40. The number of guanidine groups is 1. The molecule has 118 valence electrons. The number of hydrogen-bond acceptors (Lipinski definition) is 4. The van der Waals surface area contributed by atoms with E-state index in [0.29, 0.717) is 19.0 Å². The highest BCUT2D eigenvalue weighted by Gasteiger charge is 2.05. The Balaban J connectivity index is 2.38. The maximum atomic E-state index is 5.50. The number of ether oxygens (including phenoxy) is 2. The Kier molecular flexibility index (Phi) is 8.95. The van der Waals surface area contributed by atoms with Crippen molar-refractivity contribution in [1.29, 1.82) is 0 Å². The van der Waals surface area contributed by atoms with Crippen molar-refractivity contribution < 1.29 is 9.47 Å². The van der Waals surface area contributed by atoms with E-state index in [-0.39, 0.29) is 0 Å². The zero-order valence-electron chi connectivity index (χ0n) is 13.2. The van der Waals surface area contributed by atoms with Gasteiger partial charge in [-0.1, -0.05) is 6.07 Å². The molecule has 1 aromatic rings. The minimum absolute atomic E-state index is 0.606. The van der Waals surface area contributed by atoms with Crippen molar-refractivity contribution >= 4 is 5.96 Å². The van der Waals surface area contributed by atoms with E-state index in [2.05, 4.69) is 20.6 Å². The maximum absolute atomic E-state index is 5.50. The summed E-state index contributed by atoms with van der Waals surface area (Å²) in [6.45, 7) is 7.52. The van der Waals surface area contributed by atoms with Crippen LogP contribution in [0.15, 0.2) is 23.3 Å². The SMILES string of the molecule is CCOCCCNC(=NC)NCc1cccnc1OCC. The molecule has 0 fully saturated rings. The van der Waals surface area contributed by atoms with Crippen molar-refractivity contribution in [3.8, 4) is 5.88 Å². The lowest BCUT2D eigenvalue weighted by Crippen LogP contribution is -2.37. The van der Waals surface area contributed by atoms with Crippen molar-refractivity contribution in [1.82, 2.24) is 15.6 Å². The van der Waals surface area contributed by atoms with Gasteiger partial charge in [0.05, 0.1) is 6.61 Å². The van der Waals surface area contributed by atoms with Crippen molar-refractivity contribution in [3.05, 3.63) is 23.9 Å². The molecule has 0 bridgehead atoms. The Bertz CT molecular complexity index is 424. The molecular weight excluding hydrogens is 268 g/mol. The van der Waals surface area contributed by atoms with Crippen molar-refractivity contribution in [2.75, 3.05) is 33.4 Å². The average Bonchev–Trinajstić information content (AvgIpc) is 2.51. The van der Waals surface area contributed by atoms with Crippen LogP contribution in [-0.4, -0.2) is 44.4 Å². The third kappa shape index (κ3) is 6.94. The van der Waals surface area contributed by atoms with E-state index < -0.39 is 0 Å². The molecule has 2 N–H and O–H groups in total. The predicted molar refractivity (Wildman–Crippen MR) is 84.7 cm³/mol. The van der Waals surface area contributed by atoms with Crippen LogP contribution in [0.4, 0.5) is 0 Å². The Morgan fingerprint density at radius 1 is 1.29 bits per heavy atom. The fourth-order valence-electron chi connectivity index (χ4n) is 1.75. The number of nitrogens with one attached hydrogen (secondary N) is 2. The van der Waals surface area contributed by atoms with Gasteiger partial charge in [-0.05, 0) is 26.3 Å². The summed E-state index contributed by atoms with van der Waals surface area (Å²) in [7, 11) is 1.75. The molecule has 0 amide bonds. The van der Waals surface area contributed by atoms with Gasteiger partial charge in [-0.25, -0.2) is 4.98 Å². The first kappa shape index (κ1) is 17.2. The topological polar surface area (TPSA) is 67.8 Å². The second-order valence-electron chi connectivity index (χ2n) is 4.30. The number of nitrogens with zero attached hydrogens (tertiary/aromatic N) is 2. The number of rotatable bonds is 9. The summed E-state index contributed by atoms with van der Waals surface area (Å²) in [6.07, 6.45) is 2.68. The second kappa shape index (κ2) is 10.9. The third-order valence-electron chi connectivity index (χ3n) is 2.76. The Morgan fingerprint density at radius 2 is 2.14 bits per heavy atom. The van der Waals surface area contributed by atoms with Crippen LogP contribution >= 0.6 is 0 Å². The van der Waals surface area contributed by atoms with Crippen LogP contribution in [0.5, 0.6) is 5.88 Å². The van der Waals surface area contributed by atoms with Gasteiger partial charge in [0.2, 0.25) is 5.88 Å². The number of pyridine rings is 1. The van der Waals surface area contributed by atoms with Gasteiger partial charge in [0.15, 0.2) is 5.96 Å². The van der Waals surface area contributed by atoms with Crippen LogP contribution in [0, 0.1) is 0 Å². The number of aromatic nitrogens is 1. The molecule has 0 aromatic carbocycles. The van der Waals surface area contributed by atoms with Gasteiger partial charge in [-0.2, -0.15) is 0 Å². The Hall–Kier alpha value is -1.82. The zero-order valence-corrected chi connectivity index (χ0v) is 13.2. The molecule has 0 spiro atoms. The van der Waals surface area contributed by atoms with Crippen LogP contribution in [0.2, 0.25) is 0 Å². The summed E-state index contributed by atoms with van der Waals surface area (Å²) in [5, 5.41) is 6.50. The third-order valence-corrected chi connectivity index (χ3v) is 2.76. The van der Waals surface area contributed by atoms with Crippen LogP contribution in [0.1, 0.15) is 25.8 Å². The van der Waals surface area contributed by atoms with Gasteiger partial charge in [0, 0.05) is 45.1 Å². The van der Waals surface area contributed by atoms with Crippen LogP contribution in [0.25, 0.3) is 0 Å². The molecule has 0 aliphatic carbocycles. The summed E-state index contributed by atoms with van der Waals surface area (Å²) in [5.74, 6) is 1.43. The van der Waals surface area contributed by atoms with E-state index in [9.17, 15) is 0 Å². The molecule has 0 aliphatic heterocycles. The highest BCUT2D eigenvalue weighted by Crippen LogP contribution is 2.13. The summed E-state index contributed by atoms with van der Waals surface area (Å²) in [6, 6.07) is 3.89. The first-order chi connectivity index (χ1) is 10.3. The highest BCUT2D eigenvalue weighted by molar-refractivity contribution is 5.79. The maximum Gasteiger partial charge on any atom is 0.218 e. The lowest BCUT2D eigenvalue weighted by Gasteiger charge is -2.13. The standard InChI is InChI=1S/C15H26N4O2/c1-4-20-11-7-10-18-15(16-3)19-12-13-8-6-9-17-14(13)21-5-2/h6,8-9H,4-5,7,10-12H2,1-3H3,(H2,16,18,19). The summed E-state index contributed by atoms with van der Waals surface area (Å²) >= 11 is 0. The Labute approximate surface area is 127 Å². The Morgan fingerprint density at radius 3 is 2.86 bits per heavy atom. The quantitative estimate of drug-likeness (QED) is 0.411. The molecule has 0 unspecified atom stereocenters. The molecule has 1 heterocycles. The fraction of sp³-hybridized carbons (Fsp3) is 0.600. The van der Waals surface area contributed by atoms with E-state index in [4.69, 9.17) is 9.47 Å². The zero-order chi connectivity index (χ0) is 15.3. The van der Waals surface area contributed by atoms with E-state index in [1.165, 1.54) is 0 Å². The summed E-state index contributed by atoms with van der Waals surface area (Å²) in [4.78, 5) is 8.42. The van der Waals surface area contributed by atoms with Crippen molar-refractivity contribution in [2.45, 2.75) is 26.8 Å². The van der Waals surface area contributed by atoms with E-state index in [1.54, 1.807) is 13.2 Å². The fourth-order valence-corrected chi connectivity index (χ4v) is 1.75. The molecular formula is C15H26N4O2. The molecule has 6 heteroatoms. The average molecular weight is 294 g/mol. The molecule has 1 rings (SSSR count). The number of aliphatic imine (C=N–C) groups is 1. The van der Waals surface area contributed by atoms with Gasteiger partial charge >= 0.3 is 0 Å². The number of hydrogen-bond donors (Lipinski definition) is 2. The first-order valence-electron chi connectivity index (χ1n) is 7.40. The van der Waals surface area contributed by atoms with E-state index >= 15 is 0 Å². The van der Waals surface area contributed by atoms with Gasteiger partial charge < -0.3 is 20.1 Å². The largest absolute Gasteiger partial charge is 0.478 e. The van der Waals surface area contributed by atoms with Crippen LogP contribution in [-0.2, 0) is 11.3 Å². The van der Waals surface area contributed by atoms with Crippen molar-refractivity contribution in [2.24, 2.45) is 4.99 Å². The minimum atomic E-state index is 0.606. The predicted octanol–water partition coefficient (Wildman–Crippen LogP) is 1.57. The summed E-state index contributed by atoms with van der Waals surface area (Å²) in [5.41, 5.74) is 1.01. The molecule has 1 aromatic heterocycles. The van der Waals surface area contributed by atoms with Crippen LogP contribution in [0.3, 0.4) is 0 Å². The van der Waals surface area contributed by atoms with E-state index in [0.717, 1.165) is 37.7 Å². The summed E-state index contributed by atoms with van der Waals surface area (Å²) < 4.78 is 10.8. The van der Waals surface area contributed by atoms with Gasteiger partial charge in [0.1, 0.15) is 0 Å². The molecule has 21 heavy (non-hydrogen) atoms. The van der Waals surface area contributed by atoms with Crippen LogP contribution < -0.4 is 15.4 Å². The second-order valence-corrected chi connectivity index (χ2v) is 4.30. The normalized spacial score (nSPS) is 11.3. The molecule has 0 saturated carbocycles. The van der Waals surface area contributed by atoms with E-state index in [1.807, 2.05) is 26.0 Å². The van der Waals surface area contributed by atoms with Crippen molar-refractivity contribution in [3.63, 3.8) is 0 Å².